The van der Waals surface area contributed by atoms with E-state index >= 15 is 0 Å². The van der Waals surface area contributed by atoms with Crippen molar-refractivity contribution in [1.29, 1.82) is 0 Å². The summed E-state index contributed by atoms with van der Waals surface area (Å²) < 4.78 is 43.3. The van der Waals surface area contributed by atoms with Crippen molar-refractivity contribution >= 4 is 63.0 Å². The second kappa shape index (κ2) is 20.2. The van der Waals surface area contributed by atoms with Gasteiger partial charge in [0.15, 0.2) is 5.13 Å². The van der Waals surface area contributed by atoms with Gasteiger partial charge in [0.1, 0.15) is 18.3 Å². The lowest BCUT2D eigenvalue weighted by atomic mass is 9.87. The van der Waals surface area contributed by atoms with Crippen LogP contribution < -0.4 is 21.3 Å². The minimum atomic E-state index is -0.825. The largest absolute Gasteiger partial charge is 0.346 e. The molecule has 4 amide bonds. The first-order valence-electron chi connectivity index (χ1n) is 20.4. The summed E-state index contributed by atoms with van der Waals surface area (Å²) >= 11 is 1.22. The first-order valence-corrected chi connectivity index (χ1v) is 21.3. The van der Waals surface area contributed by atoms with Crippen LogP contribution in [0.1, 0.15) is 114 Å². The molecule has 1 aliphatic rings. The number of halogens is 3. The first-order chi connectivity index (χ1) is 29.7. The fourth-order valence-electron chi connectivity index (χ4n) is 7.79. The Morgan fingerprint density at radius 1 is 0.714 bits per heavy atom. The molecule has 0 saturated heterocycles. The van der Waals surface area contributed by atoms with Gasteiger partial charge in [-0.3, -0.25) is 34.1 Å². The minimum Gasteiger partial charge on any atom is -0.346 e. The number of carbonyl (C=O) groups excluding carboxylic acids is 6. The number of aryl methyl sites for hydroxylation is 3. The van der Waals surface area contributed by atoms with Crippen LogP contribution in [0.3, 0.4) is 0 Å². The zero-order valence-corrected chi connectivity index (χ0v) is 37.6. The Morgan fingerprint density at radius 2 is 1.22 bits per heavy atom. The van der Waals surface area contributed by atoms with Gasteiger partial charge in [-0.05, 0) is 139 Å². The zero-order valence-electron chi connectivity index (χ0n) is 36.8. The number of rotatable bonds is 12. The number of aromatic nitrogens is 3. The molecule has 0 radical (unpaired) electrons. The number of alkyl halides is 1. The monoisotopic (exact) mass is 887 g/mol. The van der Waals surface area contributed by atoms with Crippen LogP contribution in [-0.2, 0) is 23.2 Å². The van der Waals surface area contributed by atoms with Crippen LogP contribution in [0.25, 0.3) is 0 Å². The summed E-state index contributed by atoms with van der Waals surface area (Å²) in [5, 5.41) is 12.8. The van der Waals surface area contributed by atoms with E-state index in [4.69, 9.17) is 0 Å². The van der Waals surface area contributed by atoms with Gasteiger partial charge < -0.3 is 25.1 Å². The number of thiazole rings is 1. The Kier molecular flexibility index (Phi) is 15.3. The van der Waals surface area contributed by atoms with Crippen molar-refractivity contribution < 1.29 is 41.9 Å². The molecule has 1 fully saturated rings. The summed E-state index contributed by atoms with van der Waals surface area (Å²) in [5.41, 5.74) is 4.62. The van der Waals surface area contributed by atoms with Crippen LogP contribution in [0.4, 0.5) is 29.7 Å². The molecule has 4 N–H and O–H groups in total. The molecule has 3 heterocycles. The standard InChI is InChI=1S/C25H31F2N3O3.C21H21FN4O3S/c1-14-5-7-18(8-6-14)28-25(33)23(31)22-16(3)21(17(4)30(22)12-11-26)24(32)29-19-9-10-20(27)15(2)13-19;1-10-8-14(6-7-15(10)22)24-19(28)16-12(3)17(26(5)13(16)4)18(27)20(29)25-21-23-11(2)9-30-21/h9-10,13-14,18H,5-8,11-12H2,1-4H3,(H,28,33)(H,29,32);6-9H,1-5H3,(H,24,28)(H,23,25,29). The summed E-state index contributed by atoms with van der Waals surface area (Å²) in [6, 6.07) is 8.39. The normalized spacial score (nSPS) is 14.6. The number of anilines is 3. The third-order valence-corrected chi connectivity index (χ3v) is 12.2. The van der Waals surface area contributed by atoms with E-state index in [-0.39, 0.29) is 41.2 Å². The highest BCUT2D eigenvalue weighted by molar-refractivity contribution is 7.14. The fraction of sp³-hybridized carbons (Fsp3) is 0.370. The van der Waals surface area contributed by atoms with Gasteiger partial charge in [-0.1, -0.05) is 6.92 Å². The number of amides is 4. The average molecular weight is 888 g/mol. The molecule has 0 bridgehead atoms. The van der Waals surface area contributed by atoms with E-state index in [1.165, 1.54) is 56.9 Å². The molecule has 63 heavy (non-hydrogen) atoms. The van der Waals surface area contributed by atoms with Crippen LogP contribution in [-0.4, -0.2) is 62.0 Å². The highest BCUT2D eigenvalue weighted by Crippen LogP contribution is 2.28. The number of benzene rings is 2. The van der Waals surface area contributed by atoms with Crippen LogP contribution >= 0.6 is 11.3 Å². The molecular weight excluding hydrogens is 836 g/mol. The molecule has 5 aromatic rings. The van der Waals surface area contributed by atoms with Gasteiger partial charge in [0.2, 0.25) is 0 Å². The number of ketones is 2. The Labute approximate surface area is 367 Å². The van der Waals surface area contributed by atoms with Gasteiger partial charge in [0, 0.05) is 41.2 Å². The number of hydrogen-bond acceptors (Lipinski definition) is 8. The summed E-state index contributed by atoms with van der Waals surface area (Å²) in [6.07, 6.45) is 3.61. The van der Waals surface area contributed by atoms with Gasteiger partial charge in [-0.15, -0.1) is 11.3 Å². The van der Waals surface area contributed by atoms with E-state index < -0.39 is 41.9 Å². The fourth-order valence-corrected chi connectivity index (χ4v) is 8.47. The Hall–Kier alpha value is -6.36. The molecule has 3 aromatic heterocycles. The third-order valence-electron chi connectivity index (χ3n) is 11.3. The molecule has 6 rings (SSSR count). The van der Waals surface area contributed by atoms with Gasteiger partial charge in [0.05, 0.1) is 34.8 Å². The van der Waals surface area contributed by atoms with E-state index in [1.54, 1.807) is 60.9 Å². The molecule has 0 aliphatic heterocycles. The number of nitrogens with one attached hydrogen (secondary N) is 4. The molecule has 17 heteroatoms. The number of nitrogens with zero attached hydrogens (tertiary/aromatic N) is 3. The topological polar surface area (TPSA) is 173 Å². The summed E-state index contributed by atoms with van der Waals surface area (Å²) in [6.45, 7) is 12.7. The summed E-state index contributed by atoms with van der Waals surface area (Å²) in [4.78, 5) is 81.1. The molecule has 1 saturated carbocycles. The maximum atomic E-state index is 13.6. The molecule has 0 spiro atoms. The van der Waals surface area contributed by atoms with Crippen LogP contribution in [0.2, 0.25) is 0 Å². The van der Waals surface area contributed by atoms with Crippen molar-refractivity contribution in [3.8, 4) is 0 Å². The molecule has 334 valence electrons. The molecule has 0 atom stereocenters. The van der Waals surface area contributed by atoms with E-state index in [0.29, 0.717) is 61.6 Å². The lowest BCUT2D eigenvalue weighted by molar-refractivity contribution is -0.118. The molecular formula is C46H52F3N7O6S. The second-order valence-electron chi connectivity index (χ2n) is 15.9. The Balaban J connectivity index is 0.000000239. The lowest BCUT2D eigenvalue weighted by Gasteiger charge is -2.26. The summed E-state index contributed by atoms with van der Waals surface area (Å²) in [7, 11) is 1.62. The lowest BCUT2D eigenvalue weighted by Crippen LogP contribution is -2.41. The minimum absolute atomic E-state index is 0.0206. The maximum Gasteiger partial charge on any atom is 0.300 e. The quantitative estimate of drug-likeness (QED) is 0.0718. The van der Waals surface area contributed by atoms with Gasteiger partial charge in [-0.25, -0.2) is 18.2 Å². The summed E-state index contributed by atoms with van der Waals surface area (Å²) in [5.74, 6) is -4.21. The highest BCUT2D eigenvalue weighted by atomic mass is 32.1. The predicted octanol–water partition coefficient (Wildman–Crippen LogP) is 8.58. The highest BCUT2D eigenvalue weighted by Gasteiger charge is 2.32. The van der Waals surface area contributed by atoms with E-state index in [1.807, 2.05) is 0 Å². The number of Topliss-reactive ketones (excluding diaryl/α,β-unsaturated/α-hetero) is 2. The van der Waals surface area contributed by atoms with Crippen molar-refractivity contribution in [1.82, 2.24) is 19.4 Å². The van der Waals surface area contributed by atoms with E-state index in [9.17, 15) is 41.9 Å². The van der Waals surface area contributed by atoms with Crippen molar-refractivity contribution in [2.24, 2.45) is 13.0 Å². The SMILES string of the molecule is Cc1cc(NC(=O)c2c(C)c(C(=O)C(=O)NC3CCC(C)CC3)n(CCF)c2C)ccc1F.Cc1csc(NC(=O)C(=O)c2c(C)c(C(=O)Nc3ccc(F)c(C)c3)c(C)n2C)n1. The second-order valence-corrected chi connectivity index (χ2v) is 16.8. The average Bonchev–Trinajstić information content (AvgIpc) is 3.83. The van der Waals surface area contributed by atoms with Gasteiger partial charge in [0.25, 0.3) is 35.2 Å². The molecule has 0 unspecified atom stereocenters. The molecule has 13 nitrogen and oxygen atoms in total. The molecule has 2 aromatic carbocycles. The van der Waals surface area contributed by atoms with Gasteiger partial charge in [-0.2, -0.15) is 0 Å². The smallest absolute Gasteiger partial charge is 0.300 e. The molecule has 1 aliphatic carbocycles. The third kappa shape index (κ3) is 10.8. The van der Waals surface area contributed by atoms with Crippen LogP contribution in [0, 0.1) is 66.0 Å². The van der Waals surface area contributed by atoms with Crippen molar-refractivity contribution in [3.63, 3.8) is 0 Å². The van der Waals surface area contributed by atoms with Crippen LogP contribution in [0.5, 0.6) is 0 Å². The Morgan fingerprint density at radius 3 is 1.71 bits per heavy atom. The van der Waals surface area contributed by atoms with E-state index in [0.717, 1.165) is 31.4 Å². The Bertz CT molecular complexity index is 2600. The first kappa shape index (κ1) is 47.7. The number of hydrogen-bond donors (Lipinski definition) is 4. The van der Waals surface area contributed by atoms with Gasteiger partial charge >= 0.3 is 0 Å². The predicted molar refractivity (Wildman–Crippen MR) is 237 cm³/mol. The maximum absolute atomic E-state index is 13.6. The van der Waals surface area contributed by atoms with E-state index in [2.05, 4.69) is 33.2 Å². The van der Waals surface area contributed by atoms with Crippen molar-refractivity contribution in [2.75, 3.05) is 22.6 Å². The zero-order chi connectivity index (χ0) is 46.4. The van der Waals surface area contributed by atoms with Crippen molar-refractivity contribution in [3.05, 3.63) is 115 Å². The van der Waals surface area contributed by atoms with Crippen molar-refractivity contribution in [2.45, 2.75) is 93.7 Å². The van der Waals surface area contributed by atoms with Crippen LogP contribution in [0.15, 0.2) is 41.8 Å². The number of carbonyl (C=O) groups is 6.